The second-order valence-corrected chi connectivity index (χ2v) is 8.30. The second-order valence-electron chi connectivity index (χ2n) is 8.30. The molecule has 24 heavy (non-hydrogen) atoms. The highest BCUT2D eigenvalue weighted by Gasteiger charge is 2.43. The monoisotopic (exact) mass is 331 g/mol. The zero-order valence-corrected chi connectivity index (χ0v) is 15.3. The topological polar surface area (TPSA) is 44.8 Å². The summed E-state index contributed by atoms with van der Waals surface area (Å²) in [7, 11) is 2.16. The Labute approximate surface area is 145 Å². The molecule has 132 valence electrons. The van der Waals surface area contributed by atoms with Crippen LogP contribution in [-0.4, -0.2) is 54.7 Å². The molecule has 2 fully saturated rings. The smallest absolute Gasteiger partial charge is 0.321 e. The third-order valence-corrected chi connectivity index (χ3v) is 4.90. The number of carbonyl (C=O) groups is 1. The Balaban J connectivity index is 1.66. The third kappa shape index (κ3) is 3.83. The van der Waals surface area contributed by atoms with Crippen LogP contribution in [-0.2, 0) is 0 Å². The lowest BCUT2D eigenvalue weighted by Gasteiger charge is -2.25. The van der Waals surface area contributed by atoms with Gasteiger partial charge < -0.3 is 19.9 Å². The normalized spacial score (nSPS) is 24.6. The fourth-order valence-electron chi connectivity index (χ4n) is 3.78. The van der Waals surface area contributed by atoms with E-state index in [2.05, 4.69) is 17.3 Å². The number of nitrogens with zero attached hydrogens (tertiary/aromatic N) is 2. The van der Waals surface area contributed by atoms with Gasteiger partial charge in [0, 0.05) is 25.0 Å². The molecule has 5 nitrogen and oxygen atoms in total. The Morgan fingerprint density at radius 3 is 2.54 bits per heavy atom. The largest absolute Gasteiger partial charge is 0.486 e. The molecule has 3 rings (SSSR count). The number of likely N-dealkylation sites (tertiary alicyclic amines) is 2. The Hall–Kier alpha value is -1.75. The number of hydrogen-bond acceptors (Lipinski definition) is 3. The van der Waals surface area contributed by atoms with Gasteiger partial charge in [0.15, 0.2) is 0 Å². The van der Waals surface area contributed by atoms with Crippen LogP contribution in [0.15, 0.2) is 24.3 Å². The summed E-state index contributed by atoms with van der Waals surface area (Å²) in [6.45, 7) is 9.94. The van der Waals surface area contributed by atoms with Gasteiger partial charge in [0.25, 0.3) is 0 Å². The van der Waals surface area contributed by atoms with E-state index in [1.54, 1.807) is 0 Å². The van der Waals surface area contributed by atoms with Gasteiger partial charge in [0.1, 0.15) is 11.4 Å². The number of amides is 2. The molecule has 0 bridgehead atoms. The maximum absolute atomic E-state index is 12.7. The van der Waals surface area contributed by atoms with Gasteiger partial charge in [-0.1, -0.05) is 12.1 Å². The molecule has 2 aliphatic rings. The molecule has 2 saturated heterocycles. The van der Waals surface area contributed by atoms with Gasteiger partial charge in [0.2, 0.25) is 0 Å². The van der Waals surface area contributed by atoms with Crippen LogP contribution >= 0.6 is 0 Å². The molecule has 1 unspecified atom stereocenters. The summed E-state index contributed by atoms with van der Waals surface area (Å²) in [5, 5.41) is 3.04. The van der Waals surface area contributed by atoms with Gasteiger partial charge in [-0.05, 0) is 59.3 Å². The van der Waals surface area contributed by atoms with Crippen molar-refractivity contribution in [3.8, 4) is 5.75 Å². The zero-order chi connectivity index (χ0) is 17.4. The van der Waals surface area contributed by atoms with Gasteiger partial charge in [-0.3, -0.25) is 0 Å². The third-order valence-electron chi connectivity index (χ3n) is 4.90. The number of urea groups is 1. The van der Waals surface area contributed by atoms with Crippen LogP contribution in [0.1, 0.15) is 33.6 Å². The molecule has 2 amide bonds. The van der Waals surface area contributed by atoms with Crippen LogP contribution in [0.4, 0.5) is 10.5 Å². The molecule has 2 heterocycles. The summed E-state index contributed by atoms with van der Waals surface area (Å²) in [5.74, 6) is 0.716. The minimum Gasteiger partial charge on any atom is -0.486 e. The molecule has 0 aliphatic carbocycles. The van der Waals surface area contributed by atoms with Crippen molar-refractivity contribution in [2.24, 2.45) is 5.41 Å². The molecule has 2 aliphatic heterocycles. The standard InChI is InChI=1S/C19H29N3O2/c1-18(2,3)24-16-8-6-5-7-15(16)20-17(23)22-12-10-19(14-22)9-11-21(4)13-19/h5-8H,9-14H2,1-4H3,(H,20,23). The Bertz CT molecular complexity index is 611. The van der Waals surface area contributed by atoms with Crippen molar-refractivity contribution in [2.45, 2.75) is 39.2 Å². The summed E-state index contributed by atoms with van der Waals surface area (Å²) in [6, 6.07) is 7.62. The number of benzene rings is 1. The van der Waals surface area contributed by atoms with Crippen molar-refractivity contribution in [1.29, 1.82) is 0 Å². The molecule has 1 spiro atoms. The molecular formula is C19H29N3O2. The molecule has 1 aromatic carbocycles. The maximum Gasteiger partial charge on any atom is 0.321 e. The van der Waals surface area contributed by atoms with E-state index in [0.29, 0.717) is 11.2 Å². The van der Waals surface area contributed by atoms with Gasteiger partial charge in [-0.25, -0.2) is 4.79 Å². The average Bonchev–Trinajstić information content (AvgIpc) is 3.06. The van der Waals surface area contributed by atoms with E-state index in [-0.39, 0.29) is 11.6 Å². The molecular weight excluding hydrogens is 302 g/mol. The van der Waals surface area contributed by atoms with E-state index in [4.69, 9.17) is 4.74 Å². The number of hydrogen-bond donors (Lipinski definition) is 1. The lowest BCUT2D eigenvalue weighted by molar-refractivity contribution is 0.132. The first-order valence-electron chi connectivity index (χ1n) is 8.79. The summed E-state index contributed by atoms with van der Waals surface area (Å²) >= 11 is 0. The molecule has 5 heteroatoms. The number of rotatable bonds is 2. The minimum absolute atomic E-state index is 0.0219. The van der Waals surface area contributed by atoms with E-state index >= 15 is 0 Å². The molecule has 1 aromatic rings. The van der Waals surface area contributed by atoms with Gasteiger partial charge in [0.05, 0.1) is 5.69 Å². The molecule has 1 atom stereocenters. The van der Waals surface area contributed by atoms with Crippen LogP contribution < -0.4 is 10.1 Å². The summed E-state index contributed by atoms with van der Waals surface area (Å²) < 4.78 is 5.96. The predicted molar refractivity (Wildman–Crippen MR) is 96.6 cm³/mol. The lowest BCUT2D eigenvalue weighted by Crippen LogP contribution is -2.36. The minimum atomic E-state index is -0.299. The van der Waals surface area contributed by atoms with Crippen molar-refractivity contribution in [1.82, 2.24) is 9.80 Å². The van der Waals surface area contributed by atoms with Crippen molar-refractivity contribution >= 4 is 11.7 Å². The van der Waals surface area contributed by atoms with Crippen molar-refractivity contribution in [2.75, 3.05) is 38.5 Å². The summed E-state index contributed by atoms with van der Waals surface area (Å²) in [4.78, 5) is 17.0. The molecule has 0 saturated carbocycles. The van der Waals surface area contributed by atoms with Crippen LogP contribution in [0.5, 0.6) is 5.75 Å². The highest BCUT2D eigenvalue weighted by molar-refractivity contribution is 5.91. The van der Waals surface area contributed by atoms with E-state index in [9.17, 15) is 4.79 Å². The molecule has 1 N–H and O–H groups in total. The van der Waals surface area contributed by atoms with Crippen molar-refractivity contribution in [3.05, 3.63) is 24.3 Å². The lowest BCUT2D eigenvalue weighted by atomic mass is 9.86. The highest BCUT2D eigenvalue weighted by atomic mass is 16.5. The van der Waals surface area contributed by atoms with Gasteiger partial charge in [-0.15, -0.1) is 0 Å². The average molecular weight is 331 g/mol. The Morgan fingerprint density at radius 1 is 1.17 bits per heavy atom. The van der Waals surface area contributed by atoms with Crippen LogP contribution in [0.25, 0.3) is 0 Å². The first kappa shape index (κ1) is 17.1. The van der Waals surface area contributed by atoms with E-state index < -0.39 is 0 Å². The van der Waals surface area contributed by atoms with E-state index in [0.717, 1.165) is 38.3 Å². The highest BCUT2D eigenvalue weighted by Crippen LogP contribution is 2.39. The van der Waals surface area contributed by atoms with E-state index in [1.165, 1.54) is 6.42 Å². The van der Waals surface area contributed by atoms with E-state index in [1.807, 2.05) is 49.9 Å². The maximum atomic E-state index is 12.7. The van der Waals surface area contributed by atoms with Crippen molar-refractivity contribution in [3.63, 3.8) is 0 Å². The number of anilines is 1. The van der Waals surface area contributed by atoms with Gasteiger partial charge >= 0.3 is 6.03 Å². The summed E-state index contributed by atoms with van der Waals surface area (Å²) in [5.41, 5.74) is 0.738. The SMILES string of the molecule is CN1CCC2(CCN(C(=O)Nc3ccccc3OC(C)(C)C)C2)C1. The second kappa shape index (κ2) is 6.28. The van der Waals surface area contributed by atoms with Gasteiger partial charge in [-0.2, -0.15) is 0 Å². The van der Waals surface area contributed by atoms with Crippen molar-refractivity contribution < 1.29 is 9.53 Å². The number of para-hydroxylation sites is 2. The predicted octanol–water partition coefficient (Wildman–Crippen LogP) is 3.42. The number of nitrogens with one attached hydrogen (secondary N) is 1. The summed E-state index contributed by atoms with van der Waals surface area (Å²) in [6.07, 6.45) is 2.29. The fourth-order valence-corrected chi connectivity index (χ4v) is 3.78. The molecule has 0 radical (unpaired) electrons. The van der Waals surface area contributed by atoms with Crippen LogP contribution in [0, 0.1) is 5.41 Å². The van der Waals surface area contributed by atoms with Crippen LogP contribution in [0.3, 0.4) is 0 Å². The Kier molecular flexibility index (Phi) is 4.47. The first-order valence-corrected chi connectivity index (χ1v) is 8.79. The van der Waals surface area contributed by atoms with Crippen LogP contribution in [0.2, 0.25) is 0 Å². The quantitative estimate of drug-likeness (QED) is 0.903. The number of ether oxygens (including phenoxy) is 1. The fraction of sp³-hybridized carbons (Fsp3) is 0.632. The number of carbonyl (C=O) groups excluding carboxylic acids is 1. The molecule has 0 aromatic heterocycles. The zero-order valence-electron chi connectivity index (χ0n) is 15.3. The first-order chi connectivity index (χ1) is 11.3. The Morgan fingerprint density at radius 2 is 1.88 bits per heavy atom.